The third kappa shape index (κ3) is 3.47. The summed E-state index contributed by atoms with van der Waals surface area (Å²) in [5.41, 5.74) is 0.590. The molecule has 1 saturated heterocycles. The monoisotopic (exact) mass is 382 g/mol. The molecule has 2 aromatic rings. The summed E-state index contributed by atoms with van der Waals surface area (Å²) in [6, 6.07) is 18.3. The molecule has 3 rings (SSSR count). The molecule has 0 saturated carbocycles. The number of benzene rings is 2. The highest BCUT2D eigenvalue weighted by Crippen LogP contribution is 2.44. The molecular formula is C22H26N2O4. The number of nitrogens with one attached hydrogen (secondary N) is 1. The van der Waals surface area contributed by atoms with Crippen molar-refractivity contribution in [3.05, 3.63) is 71.8 Å². The molecule has 1 aliphatic heterocycles. The molecule has 6 heteroatoms. The van der Waals surface area contributed by atoms with E-state index >= 15 is 0 Å². The van der Waals surface area contributed by atoms with Gasteiger partial charge in [-0.1, -0.05) is 62.4 Å². The first kappa shape index (κ1) is 19.9. The van der Waals surface area contributed by atoms with E-state index in [1.807, 2.05) is 44.2 Å². The van der Waals surface area contributed by atoms with E-state index in [0.717, 1.165) is 10.6 Å². The summed E-state index contributed by atoms with van der Waals surface area (Å²) in [6.45, 7) is 7.22. The van der Waals surface area contributed by atoms with Crippen LogP contribution < -0.4 is 5.43 Å². The van der Waals surface area contributed by atoms with Gasteiger partial charge in [0, 0.05) is 12.0 Å². The number of hydrazine groups is 1. The molecule has 0 unspecified atom stereocenters. The van der Waals surface area contributed by atoms with E-state index in [4.69, 9.17) is 4.74 Å². The molecule has 1 aliphatic rings. The Bertz CT molecular complexity index is 865. The maximum absolute atomic E-state index is 12.5. The highest BCUT2D eigenvalue weighted by Gasteiger charge is 2.61. The molecule has 0 spiro atoms. The van der Waals surface area contributed by atoms with Crippen LogP contribution in [-0.4, -0.2) is 33.4 Å². The summed E-state index contributed by atoms with van der Waals surface area (Å²) in [7, 11) is 0. The first-order valence-corrected chi connectivity index (χ1v) is 9.24. The van der Waals surface area contributed by atoms with Crippen molar-refractivity contribution < 1.29 is 19.4 Å². The molecule has 0 radical (unpaired) electrons. The molecule has 1 fully saturated rings. The third-order valence-corrected chi connectivity index (χ3v) is 5.52. The van der Waals surface area contributed by atoms with Crippen LogP contribution in [-0.2, 0) is 10.2 Å². The van der Waals surface area contributed by atoms with Gasteiger partial charge in [-0.15, -0.1) is 0 Å². The molecule has 28 heavy (non-hydrogen) atoms. The number of ether oxygens (including phenoxy) is 1. The van der Waals surface area contributed by atoms with Crippen LogP contribution in [0.25, 0.3) is 0 Å². The van der Waals surface area contributed by atoms with Crippen LogP contribution in [0.15, 0.2) is 60.7 Å². The Morgan fingerprint density at radius 1 is 1.07 bits per heavy atom. The molecular weight excluding hydrogens is 356 g/mol. The Labute approximate surface area is 165 Å². The molecule has 0 bridgehead atoms. The molecule has 1 heterocycles. The topological polar surface area (TPSA) is 78.9 Å². The van der Waals surface area contributed by atoms with Crippen LogP contribution >= 0.6 is 0 Å². The number of carbonyl (C=O) groups is 2. The van der Waals surface area contributed by atoms with Crippen LogP contribution in [0.3, 0.4) is 0 Å². The summed E-state index contributed by atoms with van der Waals surface area (Å²) in [5.74, 6) is -0.496. The van der Waals surface area contributed by atoms with E-state index in [9.17, 15) is 14.7 Å². The van der Waals surface area contributed by atoms with Gasteiger partial charge in [-0.25, -0.2) is 4.79 Å². The number of cyclic esters (lactones) is 1. The smallest absolute Gasteiger partial charge is 0.432 e. The highest BCUT2D eigenvalue weighted by molar-refractivity contribution is 5.95. The van der Waals surface area contributed by atoms with Crippen molar-refractivity contribution in [1.29, 1.82) is 0 Å². The maximum Gasteiger partial charge on any atom is 0.432 e. The molecule has 0 aliphatic carbocycles. The first-order chi connectivity index (χ1) is 13.1. The van der Waals surface area contributed by atoms with Crippen molar-refractivity contribution in [2.45, 2.75) is 50.9 Å². The average Bonchev–Trinajstić information content (AvgIpc) is 2.81. The number of rotatable bonds is 5. The van der Waals surface area contributed by atoms with E-state index in [0.29, 0.717) is 12.0 Å². The number of hydrogen-bond acceptors (Lipinski definition) is 4. The summed E-state index contributed by atoms with van der Waals surface area (Å²) >= 11 is 0. The molecule has 148 valence electrons. The van der Waals surface area contributed by atoms with Gasteiger partial charge in [0.2, 0.25) is 0 Å². The molecule has 6 nitrogen and oxygen atoms in total. The number of carbonyl (C=O) groups excluding carboxylic acids is 2. The third-order valence-electron chi connectivity index (χ3n) is 5.52. The Kier molecular flexibility index (Phi) is 4.93. The van der Waals surface area contributed by atoms with Gasteiger partial charge < -0.3 is 9.84 Å². The van der Waals surface area contributed by atoms with Gasteiger partial charge >= 0.3 is 6.09 Å². The van der Waals surface area contributed by atoms with Crippen molar-refractivity contribution >= 4 is 12.0 Å². The lowest BCUT2D eigenvalue weighted by molar-refractivity contribution is -0.153. The van der Waals surface area contributed by atoms with E-state index in [2.05, 4.69) is 5.43 Å². The minimum atomic E-state index is -1.74. The zero-order valence-electron chi connectivity index (χ0n) is 16.6. The quantitative estimate of drug-likeness (QED) is 0.828. The Hall–Kier alpha value is -2.86. The summed E-state index contributed by atoms with van der Waals surface area (Å²) in [5, 5.41) is 12.1. The lowest BCUT2D eigenvalue weighted by Gasteiger charge is -2.41. The highest BCUT2D eigenvalue weighted by atomic mass is 16.6. The van der Waals surface area contributed by atoms with Crippen LogP contribution in [0.2, 0.25) is 0 Å². The second-order valence-electron chi connectivity index (χ2n) is 8.19. The number of hydrogen-bond donors (Lipinski definition) is 2. The minimum Gasteiger partial charge on any atom is -0.437 e. The summed E-state index contributed by atoms with van der Waals surface area (Å²) in [6.07, 6.45) is -0.430. The maximum atomic E-state index is 12.5. The van der Waals surface area contributed by atoms with Crippen molar-refractivity contribution in [2.24, 2.45) is 0 Å². The fraction of sp³-hybridized carbons (Fsp3) is 0.364. The van der Waals surface area contributed by atoms with Crippen molar-refractivity contribution in [1.82, 2.24) is 10.4 Å². The molecule has 2 aromatic carbocycles. The molecule has 0 aromatic heterocycles. The number of amides is 2. The second-order valence-corrected chi connectivity index (χ2v) is 8.19. The largest absolute Gasteiger partial charge is 0.437 e. The van der Waals surface area contributed by atoms with Gasteiger partial charge in [-0.05, 0) is 37.0 Å². The molecule has 2 amide bonds. The normalized spacial score (nSPS) is 24.8. The Morgan fingerprint density at radius 2 is 1.61 bits per heavy atom. The van der Waals surface area contributed by atoms with E-state index in [1.54, 1.807) is 37.3 Å². The molecule has 2 N–H and O–H groups in total. The number of aliphatic hydroxyl groups is 1. The minimum absolute atomic E-state index is 0.362. The number of nitrogens with zero attached hydrogens (tertiary/aromatic N) is 1. The Balaban J connectivity index is 1.84. The van der Waals surface area contributed by atoms with E-state index < -0.39 is 23.3 Å². The van der Waals surface area contributed by atoms with Gasteiger partial charge in [-0.3, -0.25) is 10.2 Å². The fourth-order valence-electron chi connectivity index (χ4n) is 3.70. The van der Waals surface area contributed by atoms with Crippen molar-refractivity contribution in [3.8, 4) is 0 Å². The van der Waals surface area contributed by atoms with Gasteiger partial charge in [0.15, 0.2) is 11.3 Å². The zero-order chi connectivity index (χ0) is 20.6. The van der Waals surface area contributed by atoms with Gasteiger partial charge in [0.1, 0.15) is 0 Å². The van der Waals surface area contributed by atoms with Gasteiger partial charge in [0.25, 0.3) is 5.91 Å². The average molecular weight is 382 g/mol. The first-order valence-electron chi connectivity index (χ1n) is 9.24. The van der Waals surface area contributed by atoms with Crippen molar-refractivity contribution in [2.75, 3.05) is 0 Å². The van der Waals surface area contributed by atoms with Crippen LogP contribution in [0, 0.1) is 0 Å². The van der Waals surface area contributed by atoms with E-state index in [1.165, 1.54) is 6.92 Å². The van der Waals surface area contributed by atoms with Crippen LogP contribution in [0.5, 0.6) is 0 Å². The fourth-order valence-corrected chi connectivity index (χ4v) is 3.70. The van der Waals surface area contributed by atoms with Gasteiger partial charge in [-0.2, -0.15) is 5.01 Å². The second kappa shape index (κ2) is 6.95. The SMILES string of the molecule is CC(C)(C[C@]1(C)OC(=O)N(NC(=O)c2ccccc2)[C@]1(C)O)c1ccccc1. The standard InChI is InChI=1S/C22H26N2O4/c1-20(2,17-13-9-6-10-14-17)15-21(3)22(4,27)24(19(26)28-21)23-18(25)16-11-7-5-8-12-16/h5-14,27H,15H2,1-4H3,(H,23,25)/t21-,22+/m0/s1. The summed E-state index contributed by atoms with van der Waals surface area (Å²) < 4.78 is 5.59. The van der Waals surface area contributed by atoms with Gasteiger partial charge in [0.05, 0.1) is 0 Å². The molecule has 2 atom stereocenters. The Morgan fingerprint density at radius 3 is 2.18 bits per heavy atom. The summed E-state index contributed by atoms with van der Waals surface area (Å²) in [4.78, 5) is 25.0. The van der Waals surface area contributed by atoms with E-state index in [-0.39, 0.29) is 5.41 Å². The lowest BCUT2D eigenvalue weighted by Crippen LogP contribution is -2.61. The predicted molar refractivity (Wildman–Crippen MR) is 105 cm³/mol. The lowest BCUT2D eigenvalue weighted by atomic mass is 9.73. The van der Waals surface area contributed by atoms with Crippen molar-refractivity contribution in [3.63, 3.8) is 0 Å². The predicted octanol–water partition coefficient (Wildman–Crippen LogP) is 3.62. The zero-order valence-corrected chi connectivity index (χ0v) is 16.6. The van der Waals surface area contributed by atoms with Crippen LogP contribution in [0.1, 0.15) is 50.0 Å². The van der Waals surface area contributed by atoms with Crippen LogP contribution in [0.4, 0.5) is 4.79 Å².